The second kappa shape index (κ2) is 19.1. The number of likely N-dealkylation sites (N-methyl/N-ethyl adjacent to an activating group) is 1. The number of hydrogen-bond donors (Lipinski definition) is 6. The first-order valence-corrected chi connectivity index (χ1v) is 20.5. The molecule has 4 saturated heterocycles. The molecule has 0 aromatic heterocycles. The van der Waals surface area contributed by atoms with Crippen LogP contribution in [0.1, 0.15) is 81.6 Å². The van der Waals surface area contributed by atoms with Gasteiger partial charge in [-0.1, -0.05) is 13.8 Å². The third kappa shape index (κ3) is 10.8. The van der Waals surface area contributed by atoms with E-state index in [1.54, 1.807) is 34.8 Å². The number of nitrogens with one attached hydrogen (secondary N) is 1. The van der Waals surface area contributed by atoms with Gasteiger partial charge in [0.25, 0.3) is 0 Å². The first-order valence-electron chi connectivity index (χ1n) is 20.5. The molecule has 4 aliphatic heterocycles. The minimum absolute atomic E-state index is 0.0911. The predicted octanol–water partition coefficient (Wildman–Crippen LogP) is 0.482. The van der Waals surface area contributed by atoms with Crippen molar-refractivity contribution in [1.82, 2.24) is 15.1 Å². The number of hydrogen-bond acceptors (Lipinski definition) is 16. The maximum Gasteiger partial charge on any atom is 0.311 e. The van der Waals surface area contributed by atoms with Gasteiger partial charge in [0, 0.05) is 57.7 Å². The van der Waals surface area contributed by atoms with Crippen LogP contribution in [0.3, 0.4) is 0 Å². The Morgan fingerprint density at radius 3 is 2.18 bits per heavy atom. The van der Waals surface area contributed by atoms with Crippen LogP contribution in [0.5, 0.6) is 0 Å². The van der Waals surface area contributed by atoms with Crippen LogP contribution in [-0.4, -0.2) is 192 Å². The Hall–Kier alpha value is -1.09. The molecule has 0 spiro atoms. The first kappa shape index (κ1) is 47.6. The van der Waals surface area contributed by atoms with Gasteiger partial charge in [-0.25, -0.2) is 0 Å². The fraction of sp³-hybridized carbons (Fsp3) is 0.975. The SMILES string of the molecule is CO[C@]1(C)C[C@H](O[C@@H]2[C@@H](C)[C@@H](O[C@@H]3O[C@H](C)C[C@H](N(C)C)[C@H]3O)[C@](C)(O)C[C@@H](C)NC[C@@H](C)[C@H](O)[C@](C)(O)COC(=O)[C@@H]2C)O[C@@H](C)[C@@]1(O)CN1CCOCC1. The molecule has 0 radical (unpaired) electrons. The summed E-state index contributed by atoms with van der Waals surface area (Å²) in [5.41, 5.74) is -5.94. The molecule has 0 saturated carbocycles. The van der Waals surface area contributed by atoms with Crippen LogP contribution in [0.15, 0.2) is 0 Å². The molecule has 4 rings (SSSR count). The minimum atomic E-state index is -1.76. The third-order valence-electron chi connectivity index (χ3n) is 13.0. The van der Waals surface area contributed by atoms with E-state index in [1.807, 2.05) is 46.7 Å². The maximum absolute atomic E-state index is 14.0. The zero-order valence-corrected chi connectivity index (χ0v) is 36.0. The predicted molar refractivity (Wildman–Crippen MR) is 207 cm³/mol. The Balaban J connectivity index is 1.74. The molecule has 4 fully saturated rings. The number of carbonyl (C=O) groups is 1. The Kier molecular flexibility index (Phi) is 16.2. The van der Waals surface area contributed by atoms with Gasteiger partial charge in [-0.15, -0.1) is 0 Å². The highest BCUT2D eigenvalue weighted by Gasteiger charge is 2.59. The fourth-order valence-electron chi connectivity index (χ4n) is 9.22. The van der Waals surface area contributed by atoms with Crippen molar-refractivity contribution in [2.24, 2.45) is 17.8 Å². The van der Waals surface area contributed by atoms with Gasteiger partial charge in [0.15, 0.2) is 12.6 Å². The number of esters is 1. The molecule has 0 aliphatic carbocycles. The van der Waals surface area contributed by atoms with Crippen LogP contribution >= 0.6 is 0 Å². The molecule has 328 valence electrons. The van der Waals surface area contributed by atoms with Gasteiger partial charge < -0.3 is 68.9 Å². The Bertz CT molecular complexity index is 1260. The largest absolute Gasteiger partial charge is 0.462 e. The molecule has 0 amide bonds. The number of rotatable bonds is 8. The molecule has 6 N–H and O–H groups in total. The first-order chi connectivity index (χ1) is 26.0. The van der Waals surface area contributed by atoms with Gasteiger partial charge in [0.2, 0.25) is 0 Å². The number of cyclic esters (lactones) is 1. The highest BCUT2D eigenvalue weighted by molar-refractivity contribution is 5.72. The Morgan fingerprint density at radius 1 is 0.929 bits per heavy atom. The smallest absolute Gasteiger partial charge is 0.311 e. The van der Waals surface area contributed by atoms with E-state index in [9.17, 15) is 30.3 Å². The standard InChI is InChI=1S/C40H75N3O13/c1-23-20-41-24(2)18-37(7,47)34(56-36-31(44)29(42(10)11)17-25(3)53-36)26(4)32(27(5)35(46)52-22-38(8,48)33(23)45)55-30-19-39(9,50-12)40(49,28(6)54-30)21-43-13-15-51-16-14-43/h23-34,36,41,44-45,47-49H,13-22H2,1-12H3/t23-,24-,25-,26-,27-,28+,29+,30+,31-,32-,33+,34-,36+,37-,38-,39-,40+/m1/s1. The summed E-state index contributed by atoms with van der Waals surface area (Å²) < 4.78 is 43.5. The van der Waals surface area contributed by atoms with E-state index in [2.05, 4.69) is 10.2 Å². The summed E-state index contributed by atoms with van der Waals surface area (Å²) >= 11 is 0. The minimum Gasteiger partial charge on any atom is -0.462 e. The molecule has 4 heterocycles. The molecule has 16 heteroatoms. The van der Waals surface area contributed by atoms with Crippen molar-refractivity contribution < 1.29 is 63.5 Å². The normalized spacial score (nSPS) is 48.5. The molecule has 56 heavy (non-hydrogen) atoms. The maximum atomic E-state index is 14.0. The van der Waals surface area contributed by atoms with Gasteiger partial charge in [0.1, 0.15) is 29.5 Å². The van der Waals surface area contributed by atoms with Crippen molar-refractivity contribution in [2.45, 2.75) is 165 Å². The molecular weight excluding hydrogens is 730 g/mol. The van der Waals surface area contributed by atoms with E-state index in [1.165, 1.54) is 6.92 Å². The van der Waals surface area contributed by atoms with E-state index >= 15 is 0 Å². The molecule has 0 unspecified atom stereocenters. The number of β-amino-alcohol motifs (C(OH)–C–C–N with tert-alkyl or cyclic N) is 1. The topological polar surface area (TPSA) is 201 Å². The van der Waals surface area contributed by atoms with Crippen molar-refractivity contribution in [3.05, 3.63) is 0 Å². The molecule has 0 aromatic carbocycles. The van der Waals surface area contributed by atoms with E-state index in [4.69, 9.17) is 33.2 Å². The lowest BCUT2D eigenvalue weighted by atomic mass is 9.75. The Labute approximate surface area is 334 Å². The summed E-state index contributed by atoms with van der Waals surface area (Å²) in [5.74, 6) is -2.95. The molecule has 0 aromatic rings. The average molecular weight is 806 g/mol. The number of aliphatic hydroxyl groups is 5. The molecule has 4 aliphatic rings. The molecule has 17 atom stereocenters. The monoisotopic (exact) mass is 806 g/mol. The van der Waals surface area contributed by atoms with Gasteiger partial charge in [-0.05, 0) is 81.3 Å². The summed E-state index contributed by atoms with van der Waals surface area (Å²) in [4.78, 5) is 18.1. The summed E-state index contributed by atoms with van der Waals surface area (Å²) in [6.07, 6.45) is -6.75. The average Bonchev–Trinajstić information content (AvgIpc) is 3.13. The lowest BCUT2D eigenvalue weighted by Gasteiger charge is -2.55. The van der Waals surface area contributed by atoms with Crippen molar-refractivity contribution in [3.8, 4) is 0 Å². The summed E-state index contributed by atoms with van der Waals surface area (Å²) in [6, 6.07) is -0.587. The number of methoxy groups -OCH3 is 1. The van der Waals surface area contributed by atoms with E-state index in [0.29, 0.717) is 39.3 Å². The quantitative estimate of drug-likeness (QED) is 0.185. The zero-order valence-electron chi connectivity index (χ0n) is 36.0. The van der Waals surface area contributed by atoms with Gasteiger partial charge in [0.05, 0.1) is 55.3 Å². The summed E-state index contributed by atoms with van der Waals surface area (Å²) in [7, 11) is 5.31. The molecular formula is C40H75N3O13. The number of morpholine rings is 1. The number of nitrogens with zero attached hydrogens (tertiary/aromatic N) is 2. The second-order valence-corrected chi connectivity index (χ2v) is 18.3. The number of ether oxygens (including phenoxy) is 7. The van der Waals surface area contributed by atoms with Crippen LogP contribution in [0, 0.1) is 17.8 Å². The van der Waals surface area contributed by atoms with Crippen LogP contribution in [0.2, 0.25) is 0 Å². The molecule has 0 bridgehead atoms. The van der Waals surface area contributed by atoms with Crippen LogP contribution in [-0.2, 0) is 38.0 Å². The highest BCUT2D eigenvalue weighted by Crippen LogP contribution is 2.43. The zero-order chi connectivity index (χ0) is 42.0. The lowest BCUT2D eigenvalue weighted by Crippen LogP contribution is -2.70. The second-order valence-electron chi connectivity index (χ2n) is 18.3. The highest BCUT2D eigenvalue weighted by atomic mass is 16.7. The van der Waals surface area contributed by atoms with Gasteiger partial charge in [-0.3, -0.25) is 9.69 Å². The number of carbonyl (C=O) groups excluding carboxylic acids is 1. The van der Waals surface area contributed by atoms with Crippen LogP contribution < -0.4 is 5.32 Å². The molecule has 16 nitrogen and oxygen atoms in total. The van der Waals surface area contributed by atoms with Gasteiger partial charge in [-0.2, -0.15) is 0 Å². The van der Waals surface area contributed by atoms with E-state index in [-0.39, 0.29) is 37.6 Å². The summed E-state index contributed by atoms with van der Waals surface area (Å²) in [5, 5.41) is 62.1. The third-order valence-corrected chi connectivity index (χ3v) is 13.0. The van der Waals surface area contributed by atoms with Crippen molar-refractivity contribution in [1.29, 1.82) is 0 Å². The Morgan fingerprint density at radius 2 is 1.57 bits per heavy atom. The summed E-state index contributed by atoms with van der Waals surface area (Å²) in [6.45, 7) is 18.2. The van der Waals surface area contributed by atoms with Crippen LogP contribution in [0.4, 0.5) is 0 Å². The van der Waals surface area contributed by atoms with E-state index in [0.717, 1.165) is 0 Å². The van der Waals surface area contributed by atoms with Crippen molar-refractivity contribution in [2.75, 3.05) is 67.2 Å². The van der Waals surface area contributed by atoms with E-state index < -0.39 is 95.8 Å². The number of aliphatic hydroxyl groups excluding tert-OH is 2. The fourth-order valence-corrected chi connectivity index (χ4v) is 9.22. The van der Waals surface area contributed by atoms with Gasteiger partial charge >= 0.3 is 5.97 Å². The van der Waals surface area contributed by atoms with Crippen molar-refractivity contribution >= 4 is 5.97 Å². The lowest BCUT2D eigenvalue weighted by molar-refractivity contribution is -0.339. The van der Waals surface area contributed by atoms with Crippen LogP contribution in [0.25, 0.3) is 0 Å². The van der Waals surface area contributed by atoms with Crippen molar-refractivity contribution in [3.63, 3.8) is 0 Å².